The second-order valence-electron chi connectivity index (χ2n) is 6.89. The van der Waals surface area contributed by atoms with Crippen molar-refractivity contribution in [3.63, 3.8) is 0 Å². The molecule has 3 rings (SSSR count). The summed E-state index contributed by atoms with van der Waals surface area (Å²) in [6, 6.07) is -0.544. The lowest BCUT2D eigenvalue weighted by Gasteiger charge is -2.40. The van der Waals surface area contributed by atoms with E-state index in [2.05, 4.69) is 4.98 Å². The van der Waals surface area contributed by atoms with Crippen molar-refractivity contribution in [3.8, 4) is 0 Å². The highest BCUT2D eigenvalue weighted by molar-refractivity contribution is 5.83. The number of Topliss-reactive ketones (excluding diaryl/α,β-unsaturated/α-hetero) is 1. The van der Waals surface area contributed by atoms with Crippen LogP contribution in [-0.4, -0.2) is 59.9 Å². The van der Waals surface area contributed by atoms with Crippen molar-refractivity contribution >= 4 is 17.5 Å². The minimum Gasteiger partial charge on any atom is -0.377 e. The number of ketones is 1. The van der Waals surface area contributed by atoms with E-state index in [1.807, 2.05) is 11.8 Å². The predicted molar refractivity (Wildman–Crippen MR) is 93.2 cm³/mol. The van der Waals surface area contributed by atoms with Crippen molar-refractivity contribution in [2.45, 2.75) is 51.5 Å². The van der Waals surface area contributed by atoms with Gasteiger partial charge in [-0.2, -0.15) is 18.2 Å². The average molecular weight is 388 g/mol. The maximum atomic E-state index is 13.6. The fraction of sp³-hybridized carbons (Fsp3) is 0.706. The predicted octanol–water partition coefficient (Wildman–Crippen LogP) is 1.59. The Bertz CT molecular complexity index is 765. The van der Waals surface area contributed by atoms with Crippen LogP contribution in [0.5, 0.6) is 0 Å². The van der Waals surface area contributed by atoms with Crippen LogP contribution in [0.25, 0.3) is 0 Å². The number of morpholine rings is 1. The van der Waals surface area contributed by atoms with Gasteiger partial charge in [0, 0.05) is 25.6 Å². The highest BCUT2D eigenvalue weighted by Crippen LogP contribution is 2.34. The van der Waals surface area contributed by atoms with E-state index in [-0.39, 0.29) is 37.2 Å². The molecule has 0 N–H and O–H groups in total. The van der Waals surface area contributed by atoms with Crippen molar-refractivity contribution < 1.29 is 22.7 Å². The molecule has 2 aliphatic heterocycles. The Hall–Kier alpha value is -2.10. The molecule has 1 saturated heterocycles. The SMILES string of the molecule is CCC(=O)CN1c2nc(N3CCOCC3C)cc(=O)n2CCC1C(F)(F)F. The Kier molecular flexibility index (Phi) is 5.45. The fourth-order valence-electron chi connectivity index (χ4n) is 3.50. The van der Waals surface area contributed by atoms with Crippen LogP contribution in [0, 0.1) is 0 Å². The Balaban J connectivity index is 2.06. The van der Waals surface area contributed by atoms with E-state index in [9.17, 15) is 22.8 Å². The number of hydrogen-bond donors (Lipinski definition) is 0. The third-order valence-electron chi connectivity index (χ3n) is 5.01. The van der Waals surface area contributed by atoms with Gasteiger partial charge in [-0.3, -0.25) is 14.2 Å². The number of nitrogens with zero attached hydrogens (tertiary/aromatic N) is 4. The Morgan fingerprint density at radius 2 is 2.11 bits per heavy atom. The Morgan fingerprint density at radius 1 is 1.37 bits per heavy atom. The molecule has 0 aromatic carbocycles. The Labute approximate surface area is 154 Å². The molecular formula is C17H23F3N4O3. The average Bonchev–Trinajstić information content (AvgIpc) is 2.61. The number of fused-ring (bicyclic) bond motifs is 1. The molecule has 0 amide bonds. The van der Waals surface area contributed by atoms with Gasteiger partial charge in [0.1, 0.15) is 11.9 Å². The van der Waals surface area contributed by atoms with Crippen LogP contribution >= 0.6 is 0 Å². The minimum absolute atomic E-state index is 0.0542. The summed E-state index contributed by atoms with van der Waals surface area (Å²) in [5, 5.41) is 0. The van der Waals surface area contributed by atoms with E-state index in [1.165, 1.54) is 10.6 Å². The van der Waals surface area contributed by atoms with Crippen LogP contribution in [0.2, 0.25) is 0 Å². The van der Waals surface area contributed by atoms with E-state index >= 15 is 0 Å². The summed E-state index contributed by atoms with van der Waals surface area (Å²) in [7, 11) is 0. The van der Waals surface area contributed by atoms with Crippen molar-refractivity contribution in [1.82, 2.24) is 9.55 Å². The van der Waals surface area contributed by atoms with Crippen LogP contribution in [-0.2, 0) is 16.1 Å². The second kappa shape index (κ2) is 7.49. The molecule has 0 spiro atoms. The van der Waals surface area contributed by atoms with E-state index in [1.54, 1.807) is 6.92 Å². The zero-order chi connectivity index (χ0) is 19.8. The summed E-state index contributed by atoms with van der Waals surface area (Å²) in [6.07, 6.45) is -4.69. The number of ether oxygens (including phenoxy) is 1. The number of alkyl halides is 3. The normalized spacial score (nSPS) is 23.3. The van der Waals surface area contributed by atoms with Gasteiger partial charge < -0.3 is 14.5 Å². The summed E-state index contributed by atoms with van der Waals surface area (Å²) < 4.78 is 47.3. The van der Waals surface area contributed by atoms with Crippen LogP contribution in [0.3, 0.4) is 0 Å². The molecule has 0 radical (unpaired) electrons. The quantitative estimate of drug-likeness (QED) is 0.781. The van der Waals surface area contributed by atoms with Crippen LogP contribution < -0.4 is 15.4 Å². The van der Waals surface area contributed by atoms with E-state index in [4.69, 9.17) is 4.74 Å². The van der Waals surface area contributed by atoms with Gasteiger partial charge in [0.05, 0.1) is 25.8 Å². The van der Waals surface area contributed by atoms with Gasteiger partial charge in [-0.15, -0.1) is 0 Å². The largest absolute Gasteiger partial charge is 0.408 e. The van der Waals surface area contributed by atoms with Gasteiger partial charge in [-0.25, -0.2) is 0 Å². The van der Waals surface area contributed by atoms with Crippen molar-refractivity contribution in [3.05, 3.63) is 16.4 Å². The monoisotopic (exact) mass is 388 g/mol. The molecule has 10 heteroatoms. The van der Waals surface area contributed by atoms with Crippen molar-refractivity contribution in [2.24, 2.45) is 0 Å². The zero-order valence-electron chi connectivity index (χ0n) is 15.3. The molecule has 27 heavy (non-hydrogen) atoms. The summed E-state index contributed by atoms with van der Waals surface area (Å²) in [4.78, 5) is 31.7. The fourth-order valence-corrected chi connectivity index (χ4v) is 3.50. The highest BCUT2D eigenvalue weighted by Gasteiger charge is 2.47. The molecule has 7 nitrogen and oxygen atoms in total. The molecular weight excluding hydrogens is 365 g/mol. The molecule has 0 aliphatic carbocycles. The third-order valence-corrected chi connectivity index (χ3v) is 5.01. The summed E-state index contributed by atoms with van der Waals surface area (Å²) in [6.45, 7) is 4.39. The number of carbonyl (C=O) groups is 1. The molecule has 2 atom stereocenters. The van der Waals surface area contributed by atoms with Crippen molar-refractivity contribution in [2.75, 3.05) is 36.1 Å². The summed E-state index contributed by atoms with van der Waals surface area (Å²) in [5.74, 6) is -0.109. The maximum absolute atomic E-state index is 13.6. The van der Waals surface area contributed by atoms with Gasteiger partial charge in [-0.1, -0.05) is 6.92 Å². The molecule has 0 bridgehead atoms. The van der Waals surface area contributed by atoms with Crippen LogP contribution in [0.15, 0.2) is 10.9 Å². The van der Waals surface area contributed by atoms with Gasteiger partial charge in [0.15, 0.2) is 5.78 Å². The van der Waals surface area contributed by atoms with Gasteiger partial charge in [-0.05, 0) is 13.3 Å². The lowest BCUT2D eigenvalue weighted by molar-refractivity contribution is -0.153. The lowest BCUT2D eigenvalue weighted by Crippen LogP contribution is -2.54. The first-order chi connectivity index (χ1) is 12.7. The van der Waals surface area contributed by atoms with E-state index in [0.29, 0.717) is 25.6 Å². The summed E-state index contributed by atoms with van der Waals surface area (Å²) >= 11 is 0. The topological polar surface area (TPSA) is 67.7 Å². The number of aromatic nitrogens is 2. The number of halogens is 3. The first-order valence-electron chi connectivity index (χ1n) is 9.03. The number of hydrogen-bond acceptors (Lipinski definition) is 6. The van der Waals surface area contributed by atoms with Gasteiger partial charge >= 0.3 is 6.18 Å². The molecule has 1 fully saturated rings. The first kappa shape index (κ1) is 19.7. The van der Waals surface area contributed by atoms with Gasteiger partial charge in [0.25, 0.3) is 5.56 Å². The number of anilines is 2. The number of rotatable bonds is 4. The molecule has 1 aromatic heterocycles. The lowest BCUT2D eigenvalue weighted by atomic mass is 10.1. The first-order valence-corrected chi connectivity index (χ1v) is 9.03. The third kappa shape index (κ3) is 3.95. The second-order valence-corrected chi connectivity index (χ2v) is 6.89. The van der Waals surface area contributed by atoms with Crippen molar-refractivity contribution in [1.29, 1.82) is 0 Å². The highest BCUT2D eigenvalue weighted by atomic mass is 19.4. The molecule has 2 unspecified atom stereocenters. The van der Waals surface area contributed by atoms with Gasteiger partial charge in [0.2, 0.25) is 5.95 Å². The molecule has 0 saturated carbocycles. The Morgan fingerprint density at radius 3 is 2.74 bits per heavy atom. The van der Waals surface area contributed by atoms with Crippen LogP contribution in [0.4, 0.5) is 24.9 Å². The molecule has 3 heterocycles. The maximum Gasteiger partial charge on any atom is 0.408 e. The molecule has 2 aliphatic rings. The molecule has 150 valence electrons. The number of carbonyl (C=O) groups excluding carboxylic acids is 1. The van der Waals surface area contributed by atoms with E-state index < -0.39 is 24.3 Å². The minimum atomic E-state index is -4.51. The smallest absolute Gasteiger partial charge is 0.377 e. The standard InChI is InChI=1S/C17H23F3N4O3/c1-3-12(25)9-24-13(17(18,19)20)4-5-23-15(26)8-14(21-16(23)24)22-6-7-27-10-11(22)2/h8,11,13H,3-7,9-10H2,1-2H3. The summed E-state index contributed by atoms with van der Waals surface area (Å²) in [5.41, 5.74) is -0.414. The van der Waals surface area contributed by atoms with E-state index in [0.717, 1.165) is 4.90 Å². The van der Waals surface area contributed by atoms with Crippen LogP contribution in [0.1, 0.15) is 26.7 Å². The molecule has 1 aromatic rings. The zero-order valence-corrected chi connectivity index (χ0v) is 15.3.